The monoisotopic (exact) mass is 367 g/mol. The summed E-state index contributed by atoms with van der Waals surface area (Å²) < 4.78 is 6.58. The van der Waals surface area contributed by atoms with Crippen molar-refractivity contribution in [3.05, 3.63) is 62.6 Å². The Morgan fingerprint density at radius 3 is 2.71 bits per heavy atom. The van der Waals surface area contributed by atoms with E-state index in [9.17, 15) is 0 Å². The molecule has 21 heavy (non-hydrogen) atoms. The molecule has 112 valence electrons. The zero-order valence-electron chi connectivity index (χ0n) is 12.2. The lowest BCUT2D eigenvalue weighted by molar-refractivity contribution is 0.315. The number of hydrogen-bond acceptors (Lipinski definition) is 2. The van der Waals surface area contributed by atoms with Crippen LogP contribution in [0.15, 0.2) is 40.9 Å². The maximum Gasteiger partial charge on any atom is 0.133 e. The molecule has 0 amide bonds. The fraction of sp³-hybridized carbons (Fsp3) is 0.294. The number of nitrogens with two attached hydrogens (primary N) is 1. The average molecular weight is 369 g/mol. The molecule has 0 heterocycles. The van der Waals surface area contributed by atoms with Crippen molar-refractivity contribution in [2.75, 3.05) is 6.61 Å². The van der Waals surface area contributed by atoms with Gasteiger partial charge in [-0.1, -0.05) is 36.7 Å². The SMILES string of the molecule is CCCOc1ccc(C(N)c2cccc(Cl)c2C)cc1Br. The Morgan fingerprint density at radius 2 is 2.05 bits per heavy atom. The van der Waals surface area contributed by atoms with Gasteiger partial charge < -0.3 is 10.5 Å². The maximum absolute atomic E-state index is 6.38. The molecule has 0 aromatic heterocycles. The molecule has 0 aliphatic rings. The lowest BCUT2D eigenvalue weighted by Crippen LogP contribution is -2.13. The van der Waals surface area contributed by atoms with E-state index in [2.05, 4.69) is 22.9 Å². The Morgan fingerprint density at radius 1 is 1.29 bits per heavy atom. The summed E-state index contributed by atoms with van der Waals surface area (Å²) >= 11 is 9.72. The van der Waals surface area contributed by atoms with Gasteiger partial charge in [0.1, 0.15) is 5.75 Å². The summed E-state index contributed by atoms with van der Waals surface area (Å²) in [5.74, 6) is 0.843. The molecule has 0 aliphatic heterocycles. The first-order chi connectivity index (χ1) is 10.0. The highest BCUT2D eigenvalue weighted by molar-refractivity contribution is 9.10. The minimum atomic E-state index is -0.208. The van der Waals surface area contributed by atoms with Crippen molar-refractivity contribution in [2.45, 2.75) is 26.3 Å². The minimum absolute atomic E-state index is 0.208. The molecular weight excluding hydrogens is 350 g/mol. The average Bonchev–Trinajstić information content (AvgIpc) is 2.48. The normalized spacial score (nSPS) is 12.2. The number of halogens is 2. The van der Waals surface area contributed by atoms with Crippen LogP contribution in [0.4, 0.5) is 0 Å². The molecule has 2 aromatic carbocycles. The van der Waals surface area contributed by atoms with E-state index in [4.69, 9.17) is 22.1 Å². The van der Waals surface area contributed by atoms with E-state index < -0.39 is 0 Å². The fourth-order valence-corrected chi connectivity index (χ4v) is 2.87. The largest absolute Gasteiger partial charge is 0.492 e. The first kappa shape index (κ1) is 16.3. The highest BCUT2D eigenvalue weighted by Crippen LogP contribution is 2.32. The molecule has 2 rings (SSSR count). The topological polar surface area (TPSA) is 35.2 Å². The van der Waals surface area contributed by atoms with Gasteiger partial charge in [-0.15, -0.1) is 0 Å². The van der Waals surface area contributed by atoms with Crippen molar-refractivity contribution < 1.29 is 4.74 Å². The molecule has 2 N–H and O–H groups in total. The molecule has 0 saturated carbocycles. The van der Waals surface area contributed by atoms with Gasteiger partial charge in [-0.3, -0.25) is 0 Å². The third-order valence-corrected chi connectivity index (χ3v) is 4.45. The zero-order valence-corrected chi connectivity index (χ0v) is 14.5. The maximum atomic E-state index is 6.38. The number of benzene rings is 2. The van der Waals surface area contributed by atoms with Gasteiger partial charge in [-0.05, 0) is 64.2 Å². The highest BCUT2D eigenvalue weighted by atomic mass is 79.9. The van der Waals surface area contributed by atoms with Gasteiger partial charge in [-0.25, -0.2) is 0 Å². The van der Waals surface area contributed by atoms with Crippen LogP contribution in [0.1, 0.15) is 36.1 Å². The third-order valence-electron chi connectivity index (χ3n) is 3.42. The second-order valence-corrected chi connectivity index (χ2v) is 6.23. The van der Waals surface area contributed by atoms with E-state index in [1.165, 1.54) is 0 Å². The van der Waals surface area contributed by atoms with Crippen LogP contribution in [-0.4, -0.2) is 6.61 Å². The van der Waals surface area contributed by atoms with E-state index in [-0.39, 0.29) is 6.04 Å². The summed E-state index contributed by atoms with van der Waals surface area (Å²) in [6, 6.07) is 11.6. The summed E-state index contributed by atoms with van der Waals surface area (Å²) in [6.07, 6.45) is 0.982. The zero-order chi connectivity index (χ0) is 15.4. The van der Waals surface area contributed by atoms with Gasteiger partial charge in [0.25, 0.3) is 0 Å². The first-order valence-corrected chi connectivity index (χ1v) is 8.14. The molecule has 1 unspecified atom stereocenters. The third kappa shape index (κ3) is 3.79. The van der Waals surface area contributed by atoms with Crippen molar-refractivity contribution in [2.24, 2.45) is 5.73 Å². The second-order valence-electron chi connectivity index (χ2n) is 4.97. The number of ether oxygens (including phenoxy) is 1. The van der Waals surface area contributed by atoms with Gasteiger partial charge in [0, 0.05) is 5.02 Å². The van der Waals surface area contributed by atoms with Gasteiger partial charge in [0.2, 0.25) is 0 Å². The van der Waals surface area contributed by atoms with E-state index >= 15 is 0 Å². The molecule has 1 atom stereocenters. The lowest BCUT2D eigenvalue weighted by atomic mass is 9.96. The molecule has 0 spiro atoms. The van der Waals surface area contributed by atoms with Crippen molar-refractivity contribution in [3.63, 3.8) is 0 Å². The van der Waals surface area contributed by atoms with Crippen LogP contribution in [0, 0.1) is 6.92 Å². The predicted molar refractivity (Wildman–Crippen MR) is 92.1 cm³/mol. The van der Waals surface area contributed by atoms with E-state index in [0.29, 0.717) is 6.61 Å². The summed E-state index contributed by atoms with van der Waals surface area (Å²) in [6.45, 7) is 4.78. The van der Waals surface area contributed by atoms with Crippen molar-refractivity contribution >= 4 is 27.5 Å². The number of rotatable bonds is 5. The molecule has 0 aliphatic carbocycles. The summed E-state index contributed by atoms with van der Waals surface area (Å²) in [5.41, 5.74) is 9.47. The fourth-order valence-electron chi connectivity index (χ4n) is 2.18. The molecule has 0 saturated heterocycles. The van der Waals surface area contributed by atoms with Crippen LogP contribution < -0.4 is 10.5 Å². The van der Waals surface area contributed by atoms with E-state index in [1.807, 2.05) is 43.3 Å². The Kier molecular flexibility index (Phi) is 5.68. The van der Waals surface area contributed by atoms with Gasteiger partial charge in [0.05, 0.1) is 17.1 Å². The van der Waals surface area contributed by atoms with Crippen molar-refractivity contribution in [1.82, 2.24) is 0 Å². The van der Waals surface area contributed by atoms with Gasteiger partial charge in [-0.2, -0.15) is 0 Å². The smallest absolute Gasteiger partial charge is 0.133 e. The first-order valence-electron chi connectivity index (χ1n) is 6.97. The van der Waals surface area contributed by atoms with Crippen molar-refractivity contribution in [3.8, 4) is 5.75 Å². The Bertz CT molecular complexity index is 630. The quantitative estimate of drug-likeness (QED) is 0.782. The molecule has 2 nitrogen and oxygen atoms in total. The second kappa shape index (κ2) is 7.30. The van der Waals surface area contributed by atoms with Crippen LogP contribution in [-0.2, 0) is 0 Å². The summed E-state index contributed by atoms with van der Waals surface area (Å²) in [4.78, 5) is 0. The molecule has 0 fully saturated rings. The predicted octanol–water partition coefficient (Wildman–Crippen LogP) is 5.25. The Hall–Kier alpha value is -1.03. The van der Waals surface area contributed by atoms with E-state index in [1.54, 1.807) is 0 Å². The summed E-state index contributed by atoms with van der Waals surface area (Å²) in [7, 11) is 0. The van der Waals surface area contributed by atoms with Gasteiger partial charge >= 0.3 is 0 Å². The van der Waals surface area contributed by atoms with Crippen LogP contribution >= 0.6 is 27.5 Å². The Labute approximate surface area is 139 Å². The number of hydrogen-bond donors (Lipinski definition) is 1. The molecule has 0 bridgehead atoms. The van der Waals surface area contributed by atoms with Crippen LogP contribution in [0.5, 0.6) is 5.75 Å². The molecule has 0 radical (unpaired) electrons. The van der Waals surface area contributed by atoms with Crippen molar-refractivity contribution in [1.29, 1.82) is 0 Å². The molecule has 4 heteroatoms. The summed E-state index contributed by atoms with van der Waals surface area (Å²) in [5, 5.41) is 0.741. The van der Waals surface area contributed by atoms with Crippen LogP contribution in [0.2, 0.25) is 5.02 Å². The van der Waals surface area contributed by atoms with Crippen LogP contribution in [0.25, 0.3) is 0 Å². The molecular formula is C17H19BrClNO. The van der Waals surface area contributed by atoms with Gasteiger partial charge in [0.15, 0.2) is 0 Å². The molecule has 2 aromatic rings. The lowest BCUT2D eigenvalue weighted by Gasteiger charge is -2.17. The van der Waals surface area contributed by atoms with E-state index in [0.717, 1.165) is 38.4 Å². The standard InChI is InChI=1S/C17H19BrClNO/c1-3-9-21-16-8-7-12(10-14(16)18)17(20)13-5-4-6-15(19)11(13)2/h4-8,10,17H,3,9,20H2,1-2H3. The van der Waals surface area contributed by atoms with Crippen LogP contribution in [0.3, 0.4) is 0 Å². The minimum Gasteiger partial charge on any atom is -0.492 e. The Balaban J connectivity index is 2.29. The highest BCUT2D eigenvalue weighted by Gasteiger charge is 2.14.